The zero-order valence-corrected chi connectivity index (χ0v) is 8.78. The van der Waals surface area contributed by atoms with Crippen molar-refractivity contribution in [2.24, 2.45) is 0 Å². The van der Waals surface area contributed by atoms with Gasteiger partial charge in [0.15, 0.2) is 0 Å². The molecule has 1 heterocycles. The van der Waals surface area contributed by atoms with Crippen molar-refractivity contribution in [2.45, 2.75) is 12.3 Å². The summed E-state index contributed by atoms with van der Waals surface area (Å²) in [5, 5.41) is 0.788. The van der Waals surface area contributed by atoms with Crippen LogP contribution in [0.25, 0.3) is 0 Å². The summed E-state index contributed by atoms with van der Waals surface area (Å²) < 4.78 is 0. The third kappa shape index (κ3) is 1.77. The molecule has 1 aliphatic rings. The van der Waals surface area contributed by atoms with E-state index >= 15 is 0 Å². The average Bonchev–Trinajstić information content (AvgIpc) is 2.02. The van der Waals surface area contributed by atoms with Crippen molar-refractivity contribution < 1.29 is 0 Å². The highest BCUT2D eigenvalue weighted by molar-refractivity contribution is 6.31. The van der Waals surface area contributed by atoms with Gasteiger partial charge in [0.2, 0.25) is 0 Å². The van der Waals surface area contributed by atoms with Gasteiger partial charge in [-0.2, -0.15) is 0 Å². The van der Waals surface area contributed by atoms with Crippen molar-refractivity contribution >= 4 is 28.9 Å². The van der Waals surface area contributed by atoms with E-state index in [0.717, 1.165) is 18.1 Å². The third-order valence-electron chi connectivity index (χ3n) is 2.39. The lowest BCUT2D eigenvalue weighted by atomic mass is 10.1. The fourth-order valence-corrected chi connectivity index (χ4v) is 1.89. The van der Waals surface area contributed by atoms with Gasteiger partial charge in [0.05, 0.1) is 0 Å². The predicted octanol–water partition coefficient (Wildman–Crippen LogP) is 3.29. The van der Waals surface area contributed by atoms with Crippen molar-refractivity contribution in [3.63, 3.8) is 0 Å². The summed E-state index contributed by atoms with van der Waals surface area (Å²) in [5.74, 6) is 0.559. The zero-order valence-electron chi connectivity index (χ0n) is 7.26. The van der Waals surface area contributed by atoms with Crippen molar-refractivity contribution in [2.75, 3.05) is 18.0 Å². The van der Waals surface area contributed by atoms with Crippen LogP contribution in [0.3, 0.4) is 0 Å². The predicted molar refractivity (Wildman–Crippen MR) is 57.8 cm³/mol. The van der Waals surface area contributed by atoms with E-state index in [4.69, 9.17) is 23.2 Å². The van der Waals surface area contributed by atoms with Crippen molar-refractivity contribution in [1.82, 2.24) is 0 Å². The number of alkyl halides is 1. The van der Waals surface area contributed by atoms with Crippen LogP contribution in [0.4, 0.5) is 5.69 Å². The van der Waals surface area contributed by atoms with Crippen molar-refractivity contribution in [3.05, 3.63) is 28.8 Å². The van der Waals surface area contributed by atoms with Gasteiger partial charge in [0, 0.05) is 29.7 Å². The summed E-state index contributed by atoms with van der Waals surface area (Å²) in [5.41, 5.74) is 2.37. The van der Waals surface area contributed by atoms with E-state index in [-0.39, 0.29) is 0 Å². The normalized spacial score (nSPS) is 15.7. The fourth-order valence-electron chi connectivity index (χ4n) is 1.50. The first-order chi connectivity index (χ1) is 6.31. The van der Waals surface area contributed by atoms with E-state index in [1.807, 2.05) is 18.2 Å². The van der Waals surface area contributed by atoms with Gasteiger partial charge in [0.1, 0.15) is 0 Å². The maximum absolute atomic E-state index is 5.93. The molecule has 0 spiro atoms. The maximum Gasteiger partial charge on any atom is 0.0494 e. The van der Waals surface area contributed by atoms with Crippen LogP contribution in [0.2, 0.25) is 5.02 Å². The molecule has 1 fully saturated rings. The van der Waals surface area contributed by atoms with E-state index in [9.17, 15) is 0 Å². The molecule has 0 aromatic heterocycles. The van der Waals surface area contributed by atoms with E-state index in [2.05, 4.69) is 4.90 Å². The van der Waals surface area contributed by atoms with Crippen LogP contribution >= 0.6 is 23.2 Å². The Balaban J connectivity index is 2.33. The fraction of sp³-hybridized carbons (Fsp3) is 0.400. The number of nitrogens with zero attached hydrogens (tertiary/aromatic N) is 1. The molecule has 2 rings (SSSR count). The summed E-state index contributed by atoms with van der Waals surface area (Å²) in [6.45, 7) is 2.26. The highest BCUT2D eigenvalue weighted by Crippen LogP contribution is 2.29. The lowest BCUT2D eigenvalue weighted by Gasteiger charge is -2.34. The van der Waals surface area contributed by atoms with E-state index < -0.39 is 0 Å². The molecule has 0 bridgehead atoms. The number of hydrogen-bond acceptors (Lipinski definition) is 1. The van der Waals surface area contributed by atoms with Crippen LogP contribution in [0, 0.1) is 0 Å². The number of halogens is 2. The van der Waals surface area contributed by atoms with Crippen LogP contribution < -0.4 is 4.90 Å². The summed E-state index contributed by atoms with van der Waals surface area (Å²) in [6.07, 6.45) is 1.27. The Hall–Kier alpha value is -0.400. The number of rotatable bonds is 2. The molecule has 1 saturated heterocycles. The zero-order chi connectivity index (χ0) is 9.26. The lowest BCUT2D eigenvalue weighted by Crippen LogP contribution is -2.37. The Kier molecular flexibility index (Phi) is 2.66. The average molecular weight is 216 g/mol. The number of hydrogen-bond donors (Lipinski definition) is 0. The largest absolute Gasteiger partial charge is 0.371 e. The first-order valence-corrected chi connectivity index (χ1v) is 5.32. The Morgan fingerprint density at radius 2 is 2.08 bits per heavy atom. The van der Waals surface area contributed by atoms with Gasteiger partial charge in [-0.15, -0.1) is 11.6 Å². The van der Waals surface area contributed by atoms with Crippen LogP contribution in [-0.2, 0) is 5.88 Å². The van der Waals surface area contributed by atoms with Crippen LogP contribution in [0.5, 0.6) is 0 Å². The second-order valence-corrected chi connectivity index (χ2v) is 3.95. The van der Waals surface area contributed by atoms with Gasteiger partial charge in [-0.1, -0.05) is 17.7 Å². The molecule has 0 N–H and O–H groups in total. The van der Waals surface area contributed by atoms with E-state index in [0.29, 0.717) is 5.88 Å². The summed E-state index contributed by atoms with van der Waals surface area (Å²) in [6, 6.07) is 5.89. The first kappa shape index (κ1) is 9.17. The quantitative estimate of drug-likeness (QED) is 0.685. The van der Waals surface area contributed by atoms with Gasteiger partial charge in [-0.25, -0.2) is 0 Å². The Morgan fingerprint density at radius 1 is 1.31 bits per heavy atom. The molecule has 13 heavy (non-hydrogen) atoms. The van der Waals surface area contributed by atoms with Gasteiger partial charge >= 0.3 is 0 Å². The molecule has 0 saturated carbocycles. The SMILES string of the molecule is ClCc1ccc(Cl)cc1N1CCC1. The molecule has 1 nitrogen and oxygen atoms in total. The van der Waals surface area contributed by atoms with E-state index in [1.54, 1.807) is 0 Å². The Morgan fingerprint density at radius 3 is 2.62 bits per heavy atom. The van der Waals surface area contributed by atoms with Crippen molar-refractivity contribution in [3.8, 4) is 0 Å². The molecule has 0 aliphatic carbocycles. The summed E-state index contributed by atoms with van der Waals surface area (Å²) in [7, 11) is 0. The highest BCUT2D eigenvalue weighted by Gasteiger charge is 2.17. The molecule has 70 valence electrons. The molecular weight excluding hydrogens is 205 g/mol. The van der Waals surface area contributed by atoms with Gasteiger partial charge in [-0.3, -0.25) is 0 Å². The molecule has 0 amide bonds. The van der Waals surface area contributed by atoms with Gasteiger partial charge < -0.3 is 4.90 Å². The molecule has 0 unspecified atom stereocenters. The minimum absolute atomic E-state index is 0.559. The Bertz CT molecular complexity index is 308. The second-order valence-electron chi connectivity index (χ2n) is 3.25. The summed E-state index contributed by atoms with van der Waals surface area (Å²) in [4.78, 5) is 2.31. The van der Waals surface area contributed by atoms with Gasteiger partial charge in [-0.05, 0) is 24.1 Å². The first-order valence-electron chi connectivity index (χ1n) is 4.40. The standard InChI is InChI=1S/C10H11Cl2N/c11-7-8-2-3-9(12)6-10(8)13-4-1-5-13/h2-3,6H,1,4-5,7H2. The number of benzene rings is 1. The lowest BCUT2D eigenvalue weighted by molar-refractivity contribution is 0.616. The molecule has 0 radical (unpaired) electrons. The number of anilines is 1. The van der Waals surface area contributed by atoms with Crippen LogP contribution in [0.15, 0.2) is 18.2 Å². The molecule has 1 aromatic carbocycles. The minimum atomic E-state index is 0.559. The highest BCUT2D eigenvalue weighted by atomic mass is 35.5. The van der Waals surface area contributed by atoms with Crippen LogP contribution in [0.1, 0.15) is 12.0 Å². The molecule has 3 heteroatoms. The second kappa shape index (κ2) is 3.77. The van der Waals surface area contributed by atoms with Gasteiger partial charge in [0.25, 0.3) is 0 Å². The van der Waals surface area contributed by atoms with Crippen LogP contribution in [-0.4, -0.2) is 13.1 Å². The third-order valence-corrected chi connectivity index (χ3v) is 2.91. The molecular formula is C10H11Cl2N. The van der Waals surface area contributed by atoms with Crippen molar-refractivity contribution in [1.29, 1.82) is 0 Å². The smallest absolute Gasteiger partial charge is 0.0494 e. The Labute approximate surface area is 88.3 Å². The minimum Gasteiger partial charge on any atom is -0.371 e. The summed E-state index contributed by atoms with van der Waals surface area (Å²) >= 11 is 11.8. The topological polar surface area (TPSA) is 3.24 Å². The monoisotopic (exact) mass is 215 g/mol. The molecule has 1 aliphatic heterocycles. The molecule has 0 atom stereocenters. The van der Waals surface area contributed by atoms with E-state index in [1.165, 1.54) is 17.7 Å². The maximum atomic E-state index is 5.93. The molecule has 1 aromatic rings.